The Bertz CT molecular complexity index is 1560. The maximum Gasteiger partial charge on any atom is 0.169 e. The van der Waals surface area contributed by atoms with Gasteiger partial charge in [-0.2, -0.15) is 0 Å². The van der Waals surface area contributed by atoms with Crippen LogP contribution in [0.2, 0.25) is 0 Å². The highest BCUT2D eigenvalue weighted by Crippen LogP contribution is 2.33. The van der Waals surface area contributed by atoms with E-state index in [0.717, 1.165) is 34.4 Å². The Balaban J connectivity index is 1.58. The van der Waals surface area contributed by atoms with Gasteiger partial charge in [0.15, 0.2) is 11.5 Å². The van der Waals surface area contributed by atoms with E-state index in [1.54, 1.807) is 0 Å². The summed E-state index contributed by atoms with van der Waals surface area (Å²) in [5, 5.41) is 12.7. The lowest BCUT2D eigenvalue weighted by Crippen LogP contribution is -1.94. The van der Waals surface area contributed by atoms with E-state index in [2.05, 4.69) is 119 Å². The van der Waals surface area contributed by atoms with Gasteiger partial charge in [0.05, 0.1) is 5.52 Å². The van der Waals surface area contributed by atoms with E-state index in [4.69, 9.17) is 0 Å². The molecule has 2 aromatic heterocycles. The Labute approximate surface area is 180 Å². The number of hydrogen-bond acceptors (Lipinski definition) is 2. The fraction of sp³-hybridized carbons (Fsp3) is 0.0714. The first kappa shape index (κ1) is 17.8. The Morgan fingerprint density at radius 3 is 2.06 bits per heavy atom. The molecule has 6 aromatic rings. The van der Waals surface area contributed by atoms with Gasteiger partial charge in [0.1, 0.15) is 0 Å². The minimum atomic E-state index is 0.868. The average Bonchev–Trinajstić information content (AvgIpc) is 3.30. The second-order valence-electron chi connectivity index (χ2n) is 7.83. The lowest BCUT2D eigenvalue weighted by molar-refractivity contribution is 1.12. The van der Waals surface area contributed by atoms with E-state index in [1.807, 2.05) is 0 Å². The van der Waals surface area contributed by atoms with E-state index in [9.17, 15) is 0 Å². The second kappa shape index (κ2) is 7.06. The normalized spacial score (nSPS) is 11.5. The van der Waals surface area contributed by atoms with Gasteiger partial charge < -0.3 is 0 Å². The molecule has 0 spiro atoms. The molecular weight excluding hydrogens is 378 g/mol. The largest absolute Gasteiger partial charge is 0.274 e. The number of nitrogens with zero attached hydrogens (tertiary/aromatic N) is 3. The fourth-order valence-electron chi connectivity index (χ4n) is 4.59. The molecule has 0 atom stereocenters. The molecule has 0 fully saturated rings. The number of hydrogen-bond donors (Lipinski definition) is 0. The molecule has 4 aromatic carbocycles. The van der Waals surface area contributed by atoms with Crippen molar-refractivity contribution < 1.29 is 0 Å². The molecule has 31 heavy (non-hydrogen) atoms. The molecule has 0 saturated heterocycles. The highest BCUT2D eigenvalue weighted by atomic mass is 15.2. The van der Waals surface area contributed by atoms with Crippen LogP contribution in [0.5, 0.6) is 0 Å². The zero-order valence-electron chi connectivity index (χ0n) is 17.3. The van der Waals surface area contributed by atoms with Crippen molar-refractivity contribution in [1.29, 1.82) is 0 Å². The van der Waals surface area contributed by atoms with E-state index in [0.29, 0.717) is 0 Å². The Morgan fingerprint density at radius 2 is 1.26 bits per heavy atom. The molecule has 148 valence electrons. The summed E-state index contributed by atoms with van der Waals surface area (Å²) in [5.41, 5.74) is 6.96. The molecule has 2 heterocycles. The first-order valence-electron chi connectivity index (χ1n) is 10.7. The zero-order valence-corrected chi connectivity index (χ0v) is 17.3. The summed E-state index contributed by atoms with van der Waals surface area (Å²) in [5.74, 6) is 0.868. The van der Waals surface area contributed by atoms with Gasteiger partial charge in [-0.25, -0.2) is 0 Å². The Morgan fingerprint density at radius 1 is 0.613 bits per heavy atom. The van der Waals surface area contributed by atoms with Crippen molar-refractivity contribution in [1.82, 2.24) is 14.6 Å². The summed E-state index contributed by atoms with van der Waals surface area (Å²) in [7, 11) is 0. The van der Waals surface area contributed by atoms with Crippen molar-refractivity contribution >= 4 is 27.3 Å². The number of aromatic nitrogens is 3. The SMILES string of the molecule is CCc1ccccc1-c1ccc(-c2nnc3c4ccccc4c4ccccc4n23)cc1. The summed E-state index contributed by atoms with van der Waals surface area (Å²) in [4.78, 5) is 0. The molecule has 6 rings (SSSR count). The van der Waals surface area contributed by atoms with Crippen LogP contribution < -0.4 is 0 Å². The van der Waals surface area contributed by atoms with Crippen LogP contribution in [0.4, 0.5) is 0 Å². The van der Waals surface area contributed by atoms with Gasteiger partial charge in [-0.1, -0.05) is 97.9 Å². The number of rotatable bonds is 3. The van der Waals surface area contributed by atoms with Crippen molar-refractivity contribution in [3.63, 3.8) is 0 Å². The first-order valence-corrected chi connectivity index (χ1v) is 10.7. The third kappa shape index (κ3) is 2.74. The van der Waals surface area contributed by atoms with Crippen LogP contribution in [0.1, 0.15) is 12.5 Å². The molecule has 0 aliphatic rings. The van der Waals surface area contributed by atoms with Gasteiger partial charge in [0, 0.05) is 16.3 Å². The van der Waals surface area contributed by atoms with Crippen molar-refractivity contribution in [2.24, 2.45) is 0 Å². The monoisotopic (exact) mass is 399 g/mol. The molecule has 0 unspecified atom stereocenters. The summed E-state index contributed by atoms with van der Waals surface area (Å²) < 4.78 is 2.19. The van der Waals surface area contributed by atoms with Gasteiger partial charge in [0.2, 0.25) is 0 Å². The molecule has 0 saturated carbocycles. The van der Waals surface area contributed by atoms with Crippen molar-refractivity contribution in [3.8, 4) is 22.5 Å². The summed E-state index contributed by atoms with van der Waals surface area (Å²) >= 11 is 0. The van der Waals surface area contributed by atoms with E-state index >= 15 is 0 Å². The van der Waals surface area contributed by atoms with E-state index in [1.165, 1.54) is 27.5 Å². The number of aryl methyl sites for hydroxylation is 1. The first-order chi connectivity index (χ1) is 15.3. The van der Waals surface area contributed by atoms with Crippen LogP contribution in [0.3, 0.4) is 0 Å². The topological polar surface area (TPSA) is 30.2 Å². The third-order valence-electron chi connectivity index (χ3n) is 6.12. The maximum absolute atomic E-state index is 4.61. The van der Waals surface area contributed by atoms with Crippen LogP contribution in [0.25, 0.3) is 49.8 Å². The van der Waals surface area contributed by atoms with Crippen molar-refractivity contribution in [3.05, 3.63) is 103 Å². The van der Waals surface area contributed by atoms with Gasteiger partial charge in [-0.05, 0) is 34.6 Å². The molecule has 0 aliphatic heterocycles. The zero-order chi connectivity index (χ0) is 20.8. The predicted octanol–water partition coefficient (Wildman–Crippen LogP) is 6.93. The van der Waals surface area contributed by atoms with Crippen LogP contribution in [0, 0.1) is 0 Å². The van der Waals surface area contributed by atoms with Crippen LogP contribution in [-0.4, -0.2) is 14.6 Å². The molecule has 0 radical (unpaired) electrons. The molecule has 0 aliphatic carbocycles. The standard InChI is InChI=1S/C28H21N3/c1-2-19-9-3-4-10-22(19)20-15-17-21(18-16-20)27-29-30-28-25-13-6-5-11-23(25)24-12-7-8-14-26(24)31(27)28/h3-18H,2H2,1H3. The smallest absolute Gasteiger partial charge is 0.169 e. The number of benzene rings is 4. The van der Waals surface area contributed by atoms with Gasteiger partial charge in [0.25, 0.3) is 0 Å². The van der Waals surface area contributed by atoms with Crippen molar-refractivity contribution in [2.45, 2.75) is 13.3 Å². The summed E-state index contributed by atoms with van der Waals surface area (Å²) in [6, 6.07) is 34.2. The van der Waals surface area contributed by atoms with Gasteiger partial charge >= 0.3 is 0 Å². The van der Waals surface area contributed by atoms with Crippen LogP contribution in [-0.2, 0) is 6.42 Å². The summed E-state index contributed by atoms with van der Waals surface area (Å²) in [6.45, 7) is 2.20. The lowest BCUT2D eigenvalue weighted by atomic mass is 9.97. The van der Waals surface area contributed by atoms with Crippen LogP contribution in [0.15, 0.2) is 97.1 Å². The van der Waals surface area contributed by atoms with Gasteiger partial charge in [-0.15, -0.1) is 10.2 Å². The highest BCUT2D eigenvalue weighted by molar-refractivity contribution is 6.12. The molecule has 3 heteroatoms. The fourth-order valence-corrected chi connectivity index (χ4v) is 4.59. The summed E-state index contributed by atoms with van der Waals surface area (Å²) in [6.07, 6.45) is 1.02. The number of pyridine rings is 1. The minimum Gasteiger partial charge on any atom is -0.274 e. The molecule has 0 N–H and O–H groups in total. The Hall–Kier alpha value is -3.98. The van der Waals surface area contributed by atoms with Crippen molar-refractivity contribution in [2.75, 3.05) is 0 Å². The third-order valence-corrected chi connectivity index (χ3v) is 6.12. The van der Waals surface area contributed by atoms with Crippen LogP contribution >= 0.6 is 0 Å². The Kier molecular flexibility index (Phi) is 4.07. The van der Waals surface area contributed by atoms with E-state index < -0.39 is 0 Å². The van der Waals surface area contributed by atoms with Gasteiger partial charge in [-0.3, -0.25) is 4.40 Å². The molecule has 0 bridgehead atoms. The number of fused-ring (bicyclic) bond motifs is 6. The molecule has 0 amide bonds. The number of para-hydroxylation sites is 1. The molecule has 3 nitrogen and oxygen atoms in total. The quantitative estimate of drug-likeness (QED) is 0.302. The predicted molar refractivity (Wildman–Crippen MR) is 128 cm³/mol. The van der Waals surface area contributed by atoms with E-state index in [-0.39, 0.29) is 0 Å². The average molecular weight is 399 g/mol. The second-order valence-corrected chi connectivity index (χ2v) is 7.83. The molecular formula is C28H21N3. The minimum absolute atomic E-state index is 0.868. The lowest BCUT2D eigenvalue weighted by Gasteiger charge is -2.10. The highest BCUT2D eigenvalue weighted by Gasteiger charge is 2.15. The maximum atomic E-state index is 4.61.